The molecule has 37 heavy (non-hydrogen) atoms. The molecule has 0 heterocycles. The number of hydrogen-bond donors (Lipinski definition) is 1. The first-order chi connectivity index (χ1) is 17.9. The Morgan fingerprint density at radius 3 is 1.59 bits per heavy atom. The second-order valence-electron chi connectivity index (χ2n) is 8.00. The first-order valence-corrected chi connectivity index (χ1v) is 14.0. The fourth-order valence-corrected chi connectivity index (χ4v) is 4.02. The molecule has 0 radical (unpaired) electrons. The standard InChI is InChI=1S/C30H39NO5S/c1-3-4-5-6-7-8-9-10-11-12-13-14-15-16-17-18-19-20-21-22-29(32)31-37(34,35)28-25-23-27(24-26-28)30(33)36-2/h4-5,7-8,10-11,13-14,16-17,19-20,23-26H,3,6,9,12,15,18,21-22H2,1-2H3,(H,31,32)/b5-4-,8-7-,11-10-,14-13-,17-16-,20-19-. The summed E-state index contributed by atoms with van der Waals surface area (Å²) in [7, 11) is -2.75. The minimum atomic E-state index is -3.99. The highest BCUT2D eigenvalue weighted by molar-refractivity contribution is 7.90. The van der Waals surface area contributed by atoms with Gasteiger partial charge in [-0.25, -0.2) is 17.9 Å². The van der Waals surface area contributed by atoms with Crippen LogP contribution in [0.4, 0.5) is 0 Å². The lowest BCUT2D eigenvalue weighted by Gasteiger charge is -2.07. The van der Waals surface area contributed by atoms with Crippen LogP contribution < -0.4 is 4.72 Å². The molecule has 0 aromatic heterocycles. The van der Waals surface area contributed by atoms with Gasteiger partial charge in [-0.15, -0.1) is 0 Å². The van der Waals surface area contributed by atoms with E-state index in [1.165, 1.54) is 31.4 Å². The summed E-state index contributed by atoms with van der Waals surface area (Å²) in [5, 5.41) is 0. The lowest BCUT2D eigenvalue weighted by Crippen LogP contribution is -2.30. The van der Waals surface area contributed by atoms with Crippen molar-refractivity contribution in [2.45, 2.75) is 63.2 Å². The van der Waals surface area contributed by atoms with Crippen molar-refractivity contribution in [2.75, 3.05) is 7.11 Å². The molecule has 6 nitrogen and oxygen atoms in total. The predicted octanol–water partition coefficient (Wildman–Crippen LogP) is 6.76. The van der Waals surface area contributed by atoms with Gasteiger partial charge in [-0.2, -0.15) is 0 Å². The molecular weight excluding hydrogens is 486 g/mol. The molecule has 200 valence electrons. The van der Waals surface area contributed by atoms with E-state index in [0.717, 1.165) is 38.5 Å². The summed E-state index contributed by atoms with van der Waals surface area (Å²) in [5.74, 6) is -1.15. The van der Waals surface area contributed by atoms with E-state index in [9.17, 15) is 18.0 Å². The third-order valence-electron chi connectivity index (χ3n) is 4.97. The number of ether oxygens (including phenoxy) is 1. The summed E-state index contributed by atoms with van der Waals surface area (Å²) in [6, 6.07) is 5.18. The quantitative estimate of drug-likeness (QED) is 0.179. The van der Waals surface area contributed by atoms with Crippen LogP contribution in [0.1, 0.15) is 68.6 Å². The van der Waals surface area contributed by atoms with Gasteiger partial charge < -0.3 is 4.74 Å². The zero-order valence-corrected chi connectivity index (χ0v) is 22.7. The Balaban J connectivity index is 2.19. The highest BCUT2D eigenvalue weighted by Crippen LogP contribution is 2.11. The number of nitrogens with one attached hydrogen (secondary N) is 1. The van der Waals surface area contributed by atoms with Crippen LogP contribution in [0.5, 0.6) is 0 Å². The van der Waals surface area contributed by atoms with Crippen LogP contribution in [-0.4, -0.2) is 27.4 Å². The molecule has 0 bridgehead atoms. The summed E-state index contributed by atoms with van der Waals surface area (Å²) in [4.78, 5) is 23.4. The second-order valence-corrected chi connectivity index (χ2v) is 9.68. The highest BCUT2D eigenvalue weighted by Gasteiger charge is 2.17. The Labute approximate surface area is 222 Å². The first kappa shape index (κ1) is 31.6. The SMILES string of the molecule is CC/C=C\C/C=C\C/C=C\C/C=C\C/C=C\C/C=C\CCC(=O)NS(=O)(=O)c1ccc(C(=O)OC)cc1. The van der Waals surface area contributed by atoms with Gasteiger partial charge >= 0.3 is 5.97 Å². The van der Waals surface area contributed by atoms with Crippen molar-refractivity contribution in [1.29, 1.82) is 0 Å². The van der Waals surface area contributed by atoms with E-state index < -0.39 is 21.9 Å². The number of hydrogen-bond acceptors (Lipinski definition) is 5. The van der Waals surface area contributed by atoms with Gasteiger partial charge in [0, 0.05) is 6.42 Å². The van der Waals surface area contributed by atoms with Crippen LogP contribution in [0, 0.1) is 0 Å². The van der Waals surface area contributed by atoms with E-state index in [2.05, 4.69) is 72.4 Å². The molecule has 0 atom stereocenters. The monoisotopic (exact) mass is 525 g/mol. The maximum absolute atomic E-state index is 12.3. The lowest BCUT2D eigenvalue weighted by atomic mass is 10.2. The van der Waals surface area contributed by atoms with Crippen LogP contribution >= 0.6 is 0 Å². The minimum absolute atomic E-state index is 0.0572. The molecule has 1 aromatic rings. The molecule has 0 saturated heterocycles. The number of benzene rings is 1. The van der Waals surface area contributed by atoms with Crippen molar-refractivity contribution in [3.63, 3.8) is 0 Å². The number of sulfonamides is 1. The number of methoxy groups -OCH3 is 1. The molecule has 1 N–H and O–H groups in total. The average Bonchev–Trinajstić information content (AvgIpc) is 2.89. The Hall–Kier alpha value is -3.45. The molecule has 1 rings (SSSR count). The third kappa shape index (κ3) is 15.3. The van der Waals surface area contributed by atoms with Gasteiger partial charge in [0.15, 0.2) is 0 Å². The van der Waals surface area contributed by atoms with Crippen LogP contribution in [-0.2, 0) is 19.6 Å². The molecule has 0 aliphatic carbocycles. The number of carbonyl (C=O) groups excluding carboxylic acids is 2. The largest absolute Gasteiger partial charge is 0.465 e. The number of carbonyl (C=O) groups is 2. The maximum atomic E-state index is 12.3. The molecule has 1 aromatic carbocycles. The summed E-state index contributed by atoms with van der Waals surface area (Å²) in [6.07, 6.45) is 31.4. The van der Waals surface area contributed by atoms with Crippen molar-refractivity contribution in [3.05, 3.63) is 103 Å². The van der Waals surface area contributed by atoms with Crippen LogP contribution in [0.3, 0.4) is 0 Å². The lowest BCUT2D eigenvalue weighted by molar-refractivity contribution is -0.119. The van der Waals surface area contributed by atoms with E-state index in [1.54, 1.807) is 0 Å². The summed E-state index contributed by atoms with van der Waals surface area (Å²) < 4.78 is 31.2. The molecule has 0 aliphatic rings. The van der Waals surface area contributed by atoms with Crippen LogP contribution in [0.2, 0.25) is 0 Å². The van der Waals surface area contributed by atoms with Gasteiger partial charge in [-0.05, 0) is 69.2 Å². The normalized spacial score (nSPS) is 12.7. The van der Waals surface area contributed by atoms with Crippen LogP contribution in [0.15, 0.2) is 102 Å². The predicted molar refractivity (Wildman–Crippen MR) is 151 cm³/mol. The highest BCUT2D eigenvalue weighted by atomic mass is 32.2. The minimum Gasteiger partial charge on any atom is -0.465 e. The van der Waals surface area contributed by atoms with Crippen molar-refractivity contribution in [3.8, 4) is 0 Å². The number of rotatable bonds is 17. The summed E-state index contributed by atoms with van der Waals surface area (Å²) in [5.41, 5.74) is 0.227. The van der Waals surface area contributed by atoms with Gasteiger partial charge in [0.1, 0.15) is 0 Å². The Bertz CT molecular complexity index is 1090. The number of allylic oxidation sites excluding steroid dienone is 12. The first-order valence-electron chi connectivity index (χ1n) is 12.5. The van der Waals surface area contributed by atoms with E-state index in [-0.39, 0.29) is 16.9 Å². The Morgan fingerprint density at radius 2 is 1.16 bits per heavy atom. The molecule has 0 unspecified atom stereocenters. The van der Waals surface area contributed by atoms with Crippen molar-refractivity contribution >= 4 is 21.9 Å². The molecule has 0 aliphatic heterocycles. The van der Waals surface area contributed by atoms with Gasteiger partial charge in [-0.1, -0.05) is 79.8 Å². The van der Waals surface area contributed by atoms with Crippen LogP contribution in [0.25, 0.3) is 0 Å². The zero-order chi connectivity index (χ0) is 27.2. The van der Waals surface area contributed by atoms with Crippen molar-refractivity contribution in [1.82, 2.24) is 4.72 Å². The van der Waals surface area contributed by atoms with Gasteiger partial charge in [0.25, 0.3) is 10.0 Å². The van der Waals surface area contributed by atoms with Crippen molar-refractivity contribution in [2.24, 2.45) is 0 Å². The van der Waals surface area contributed by atoms with Gasteiger partial charge in [-0.3, -0.25) is 4.79 Å². The van der Waals surface area contributed by atoms with E-state index >= 15 is 0 Å². The number of esters is 1. The fraction of sp³-hybridized carbons (Fsp3) is 0.333. The van der Waals surface area contributed by atoms with Gasteiger partial charge in [0.2, 0.25) is 5.91 Å². The molecular formula is C30H39NO5S. The second kappa shape index (κ2) is 19.7. The van der Waals surface area contributed by atoms with E-state index in [4.69, 9.17) is 0 Å². The fourth-order valence-electron chi connectivity index (χ4n) is 3.00. The third-order valence-corrected chi connectivity index (χ3v) is 6.36. The summed E-state index contributed by atoms with van der Waals surface area (Å²) in [6.45, 7) is 2.13. The van der Waals surface area contributed by atoms with E-state index in [1.807, 2.05) is 16.9 Å². The molecule has 0 saturated carbocycles. The molecule has 1 amide bonds. The Kier molecular flexibility index (Phi) is 16.8. The van der Waals surface area contributed by atoms with Gasteiger partial charge in [0.05, 0.1) is 17.6 Å². The maximum Gasteiger partial charge on any atom is 0.337 e. The Morgan fingerprint density at radius 1 is 0.730 bits per heavy atom. The van der Waals surface area contributed by atoms with E-state index in [0.29, 0.717) is 6.42 Å². The molecule has 0 spiro atoms. The molecule has 7 heteroatoms. The smallest absolute Gasteiger partial charge is 0.337 e. The summed E-state index contributed by atoms with van der Waals surface area (Å²) >= 11 is 0. The number of amides is 1. The molecule has 0 fully saturated rings. The van der Waals surface area contributed by atoms with Crippen molar-refractivity contribution < 1.29 is 22.7 Å². The average molecular weight is 526 g/mol. The topological polar surface area (TPSA) is 89.5 Å². The zero-order valence-electron chi connectivity index (χ0n) is 21.8.